The van der Waals surface area contributed by atoms with E-state index in [0.717, 1.165) is 11.1 Å². The largest absolute Gasteiger partial charge is 0.381 e. The Hall–Kier alpha value is -2.30. The standard InChI is InChI=1S/C14H13F2N3/c1-8-3-5-10(6-4-8)9(2)18-14-12(16)7-11(15)13(17)19-14/h3-7H,1-2H3,(H2,17,19). The Morgan fingerprint density at radius 1 is 1.16 bits per heavy atom. The van der Waals surface area contributed by atoms with Gasteiger partial charge in [0.15, 0.2) is 23.3 Å². The van der Waals surface area contributed by atoms with Crippen LogP contribution in [0.25, 0.3) is 0 Å². The maximum absolute atomic E-state index is 13.5. The zero-order valence-corrected chi connectivity index (χ0v) is 10.6. The number of halogens is 2. The lowest BCUT2D eigenvalue weighted by Crippen LogP contribution is -1.99. The van der Waals surface area contributed by atoms with E-state index in [1.54, 1.807) is 6.92 Å². The minimum atomic E-state index is -0.885. The van der Waals surface area contributed by atoms with E-state index in [1.807, 2.05) is 31.2 Å². The number of nitrogens with zero attached hydrogens (tertiary/aromatic N) is 2. The third-order valence-electron chi connectivity index (χ3n) is 2.68. The summed E-state index contributed by atoms with van der Waals surface area (Å²) in [5.74, 6) is -2.29. The van der Waals surface area contributed by atoms with Crippen molar-refractivity contribution in [2.24, 2.45) is 4.99 Å². The molecule has 98 valence electrons. The minimum absolute atomic E-state index is 0.211. The average Bonchev–Trinajstić information content (AvgIpc) is 2.36. The van der Waals surface area contributed by atoms with Crippen LogP contribution in [-0.4, -0.2) is 10.7 Å². The van der Waals surface area contributed by atoms with Crippen molar-refractivity contribution in [3.63, 3.8) is 0 Å². The molecule has 0 aliphatic carbocycles. The monoisotopic (exact) mass is 261 g/mol. The van der Waals surface area contributed by atoms with E-state index < -0.39 is 11.6 Å². The van der Waals surface area contributed by atoms with E-state index >= 15 is 0 Å². The van der Waals surface area contributed by atoms with Crippen LogP contribution in [0.1, 0.15) is 18.1 Å². The van der Waals surface area contributed by atoms with Gasteiger partial charge in [-0.3, -0.25) is 0 Å². The van der Waals surface area contributed by atoms with E-state index in [2.05, 4.69) is 9.98 Å². The zero-order chi connectivity index (χ0) is 14.0. The Kier molecular flexibility index (Phi) is 3.55. The molecule has 1 aromatic carbocycles. The van der Waals surface area contributed by atoms with Gasteiger partial charge in [-0.25, -0.2) is 18.8 Å². The predicted octanol–water partition coefficient (Wildman–Crippen LogP) is 3.39. The Morgan fingerprint density at radius 2 is 1.79 bits per heavy atom. The number of aliphatic imine (C=N–C) groups is 1. The van der Waals surface area contributed by atoms with Gasteiger partial charge in [0.25, 0.3) is 0 Å². The summed E-state index contributed by atoms with van der Waals surface area (Å²) >= 11 is 0. The first-order chi connectivity index (χ1) is 8.97. The van der Waals surface area contributed by atoms with Gasteiger partial charge in [-0.05, 0) is 19.4 Å². The molecule has 2 aromatic rings. The van der Waals surface area contributed by atoms with Crippen LogP contribution in [0.5, 0.6) is 0 Å². The summed E-state index contributed by atoms with van der Waals surface area (Å²) in [6.07, 6.45) is 0. The number of pyridine rings is 1. The third-order valence-corrected chi connectivity index (χ3v) is 2.68. The number of hydrogen-bond donors (Lipinski definition) is 1. The quantitative estimate of drug-likeness (QED) is 0.842. The van der Waals surface area contributed by atoms with Crippen LogP contribution in [0.15, 0.2) is 35.3 Å². The topological polar surface area (TPSA) is 51.3 Å². The van der Waals surface area contributed by atoms with E-state index in [1.165, 1.54) is 0 Å². The molecule has 0 saturated heterocycles. The molecule has 5 heteroatoms. The normalized spacial score (nSPS) is 11.7. The van der Waals surface area contributed by atoms with Crippen LogP contribution < -0.4 is 5.73 Å². The molecular weight excluding hydrogens is 248 g/mol. The lowest BCUT2D eigenvalue weighted by Gasteiger charge is -2.03. The first kappa shape index (κ1) is 13.1. The van der Waals surface area contributed by atoms with Gasteiger partial charge >= 0.3 is 0 Å². The Morgan fingerprint density at radius 3 is 2.42 bits per heavy atom. The zero-order valence-electron chi connectivity index (χ0n) is 10.6. The van der Waals surface area contributed by atoms with Crippen molar-refractivity contribution >= 4 is 17.3 Å². The van der Waals surface area contributed by atoms with Crippen molar-refractivity contribution in [1.82, 2.24) is 4.98 Å². The highest BCUT2D eigenvalue weighted by atomic mass is 19.1. The predicted molar refractivity (Wildman–Crippen MR) is 71.6 cm³/mol. The first-order valence-electron chi connectivity index (χ1n) is 5.71. The molecule has 0 spiro atoms. The number of aromatic nitrogens is 1. The summed E-state index contributed by atoms with van der Waals surface area (Å²) in [7, 11) is 0. The minimum Gasteiger partial charge on any atom is -0.381 e. The highest BCUT2D eigenvalue weighted by molar-refractivity contribution is 6.00. The van der Waals surface area contributed by atoms with Crippen molar-refractivity contribution in [3.8, 4) is 0 Å². The number of nitrogen functional groups attached to an aromatic ring is 1. The van der Waals surface area contributed by atoms with Crippen molar-refractivity contribution in [2.45, 2.75) is 13.8 Å². The second-order valence-corrected chi connectivity index (χ2v) is 4.22. The molecular formula is C14H13F2N3. The van der Waals surface area contributed by atoms with Crippen molar-refractivity contribution in [2.75, 3.05) is 5.73 Å². The highest BCUT2D eigenvalue weighted by Crippen LogP contribution is 2.20. The maximum atomic E-state index is 13.5. The lowest BCUT2D eigenvalue weighted by atomic mass is 10.1. The smallest absolute Gasteiger partial charge is 0.190 e. The van der Waals surface area contributed by atoms with Gasteiger partial charge in [0, 0.05) is 11.8 Å². The Labute approximate surface area is 109 Å². The molecule has 0 unspecified atom stereocenters. The van der Waals surface area contributed by atoms with Crippen molar-refractivity contribution < 1.29 is 8.78 Å². The van der Waals surface area contributed by atoms with Gasteiger partial charge in [-0.15, -0.1) is 0 Å². The van der Waals surface area contributed by atoms with Gasteiger partial charge in [-0.2, -0.15) is 0 Å². The van der Waals surface area contributed by atoms with Crippen LogP contribution in [-0.2, 0) is 0 Å². The fourth-order valence-corrected chi connectivity index (χ4v) is 1.57. The molecule has 0 aliphatic heterocycles. The molecule has 0 amide bonds. The van der Waals surface area contributed by atoms with Crippen LogP contribution in [0.4, 0.5) is 20.4 Å². The van der Waals surface area contributed by atoms with Gasteiger partial charge in [-0.1, -0.05) is 29.8 Å². The Balaban J connectivity index is 2.40. The average molecular weight is 261 g/mol. The van der Waals surface area contributed by atoms with E-state index in [0.29, 0.717) is 11.8 Å². The second kappa shape index (κ2) is 5.14. The van der Waals surface area contributed by atoms with E-state index in [9.17, 15) is 8.78 Å². The Bertz CT molecular complexity index is 634. The summed E-state index contributed by atoms with van der Waals surface area (Å²) in [4.78, 5) is 7.64. The van der Waals surface area contributed by atoms with Crippen LogP contribution in [0.3, 0.4) is 0 Å². The summed E-state index contributed by atoms with van der Waals surface area (Å²) in [5, 5.41) is 0. The summed E-state index contributed by atoms with van der Waals surface area (Å²) in [6.45, 7) is 3.70. The molecule has 0 fully saturated rings. The molecule has 1 aromatic heterocycles. The van der Waals surface area contributed by atoms with Crippen LogP contribution in [0, 0.1) is 18.6 Å². The maximum Gasteiger partial charge on any atom is 0.190 e. The SMILES string of the molecule is CC(=Nc1nc(N)c(F)cc1F)c1ccc(C)cc1. The fourth-order valence-electron chi connectivity index (χ4n) is 1.57. The number of hydrogen-bond acceptors (Lipinski definition) is 3. The molecule has 2 N–H and O–H groups in total. The molecule has 2 rings (SSSR count). The number of anilines is 1. The summed E-state index contributed by atoms with van der Waals surface area (Å²) in [5.41, 5.74) is 7.84. The number of benzene rings is 1. The van der Waals surface area contributed by atoms with Crippen molar-refractivity contribution in [1.29, 1.82) is 0 Å². The van der Waals surface area contributed by atoms with Crippen LogP contribution >= 0.6 is 0 Å². The molecule has 0 atom stereocenters. The summed E-state index contributed by atoms with van der Waals surface area (Å²) < 4.78 is 26.5. The lowest BCUT2D eigenvalue weighted by molar-refractivity contribution is 0.579. The molecule has 19 heavy (non-hydrogen) atoms. The molecule has 0 bridgehead atoms. The first-order valence-corrected chi connectivity index (χ1v) is 5.71. The molecule has 0 saturated carbocycles. The molecule has 1 heterocycles. The fraction of sp³-hybridized carbons (Fsp3) is 0.143. The highest BCUT2D eigenvalue weighted by Gasteiger charge is 2.09. The molecule has 0 aliphatic rings. The van der Waals surface area contributed by atoms with Gasteiger partial charge in [0.2, 0.25) is 0 Å². The van der Waals surface area contributed by atoms with Gasteiger partial charge in [0.05, 0.1) is 0 Å². The van der Waals surface area contributed by atoms with E-state index in [4.69, 9.17) is 5.73 Å². The number of aryl methyl sites for hydroxylation is 1. The second-order valence-electron chi connectivity index (χ2n) is 4.22. The van der Waals surface area contributed by atoms with Crippen molar-refractivity contribution in [3.05, 3.63) is 53.1 Å². The van der Waals surface area contributed by atoms with Gasteiger partial charge < -0.3 is 5.73 Å². The molecule has 0 radical (unpaired) electrons. The van der Waals surface area contributed by atoms with Gasteiger partial charge in [0.1, 0.15) is 0 Å². The number of rotatable bonds is 2. The summed E-state index contributed by atoms with van der Waals surface area (Å²) in [6, 6.07) is 8.29. The van der Waals surface area contributed by atoms with E-state index in [-0.39, 0.29) is 11.6 Å². The van der Waals surface area contributed by atoms with Crippen LogP contribution in [0.2, 0.25) is 0 Å². The number of nitrogens with two attached hydrogens (primary N) is 1. The molecule has 3 nitrogen and oxygen atoms in total. The third kappa shape index (κ3) is 2.93.